The van der Waals surface area contributed by atoms with Crippen molar-refractivity contribution in [3.63, 3.8) is 0 Å². The molecule has 0 saturated carbocycles. The van der Waals surface area contributed by atoms with Crippen molar-refractivity contribution in [1.82, 2.24) is 0 Å². The van der Waals surface area contributed by atoms with E-state index in [0.717, 1.165) is 10.8 Å². The number of halogens is 2. The summed E-state index contributed by atoms with van der Waals surface area (Å²) in [5.74, 6) is -1.65. The van der Waals surface area contributed by atoms with E-state index < -0.39 is 17.9 Å². The summed E-state index contributed by atoms with van der Waals surface area (Å²) in [6, 6.07) is 18.1. The Hall–Kier alpha value is -2.89. The van der Waals surface area contributed by atoms with Crippen molar-refractivity contribution in [2.24, 2.45) is 11.1 Å². The normalized spacial score (nSPS) is 21.1. The fourth-order valence-electron chi connectivity index (χ4n) is 3.67. The van der Waals surface area contributed by atoms with Gasteiger partial charge in [0.2, 0.25) is 12.0 Å². The van der Waals surface area contributed by atoms with Gasteiger partial charge in [-0.1, -0.05) is 64.8 Å². The molecular weight excluding hydrogens is 399 g/mol. The molecule has 0 unspecified atom stereocenters. The first-order valence-electron chi connectivity index (χ1n) is 8.60. The molecule has 138 valence electrons. The first-order valence-corrected chi connectivity index (χ1v) is 9.36. The fourth-order valence-corrected chi connectivity index (χ4v) is 4.17. The van der Waals surface area contributed by atoms with Gasteiger partial charge in [-0.05, 0) is 35.0 Å². The minimum absolute atomic E-state index is 0.341. The lowest BCUT2D eigenvalue weighted by molar-refractivity contribution is -0.126. The number of hydrogen-bond acceptors (Lipinski definition) is 4. The monoisotopic (exact) mass is 410 g/mol. The van der Waals surface area contributed by atoms with Crippen molar-refractivity contribution in [3.05, 3.63) is 76.3 Å². The number of imide groups is 1. The van der Waals surface area contributed by atoms with Gasteiger partial charge in [-0.15, -0.1) is 0 Å². The van der Waals surface area contributed by atoms with E-state index in [1.165, 1.54) is 4.90 Å². The zero-order valence-electron chi connectivity index (χ0n) is 14.3. The Morgan fingerprint density at radius 2 is 1.68 bits per heavy atom. The molecule has 3 aromatic rings. The molecule has 0 radical (unpaired) electrons. The van der Waals surface area contributed by atoms with Crippen LogP contribution in [0, 0.1) is 5.92 Å². The van der Waals surface area contributed by atoms with Crippen molar-refractivity contribution in [3.8, 4) is 0 Å². The summed E-state index contributed by atoms with van der Waals surface area (Å²) < 4.78 is 0. The summed E-state index contributed by atoms with van der Waals surface area (Å²) in [4.78, 5) is 32.6. The number of carbonyl (C=O) groups is 2. The third kappa shape index (κ3) is 2.51. The molecule has 3 aromatic carbocycles. The van der Waals surface area contributed by atoms with Crippen molar-refractivity contribution in [2.75, 3.05) is 4.90 Å². The summed E-state index contributed by atoms with van der Waals surface area (Å²) in [5.41, 5.74) is 1.38. The Bertz CT molecular complexity index is 1190. The Kier molecular flexibility index (Phi) is 3.89. The SMILES string of the molecule is O=C1[C@H]2C(c3ccc(Cl)cc3Cl)=NO[C@H]2C(=O)N1c1ccc2ccccc2c1. The van der Waals surface area contributed by atoms with Crippen LogP contribution in [0.15, 0.2) is 65.8 Å². The van der Waals surface area contributed by atoms with E-state index in [1.54, 1.807) is 24.3 Å². The van der Waals surface area contributed by atoms with Gasteiger partial charge in [-0.25, -0.2) is 4.90 Å². The van der Waals surface area contributed by atoms with Crippen LogP contribution >= 0.6 is 23.2 Å². The number of rotatable bonds is 2. The van der Waals surface area contributed by atoms with Gasteiger partial charge in [0.15, 0.2) is 0 Å². The maximum atomic E-state index is 13.2. The molecule has 0 aromatic heterocycles. The van der Waals surface area contributed by atoms with E-state index in [-0.39, 0.29) is 5.91 Å². The largest absolute Gasteiger partial charge is 0.381 e. The van der Waals surface area contributed by atoms with Gasteiger partial charge >= 0.3 is 0 Å². The lowest BCUT2D eigenvalue weighted by Crippen LogP contribution is -2.33. The van der Waals surface area contributed by atoms with Gasteiger partial charge < -0.3 is 4.84 Å². The third-order valence-corrected chi connectivity index (χ3v) is 5.56. The number of fused-ring (bicyclic) bond motifs is 2. The van der Waals surface area contributed by atoms with Gasteiger partial charge in [0.1, 0.15) is 11.6 Å². The van der Waals surface area contributed by atoms with Crippen molar-refractivity contribution in [2.45, 2.75) is 6.10 Å². The lowest BCUT2D eigenvalue weighted by Gasteiger charge is -2.16. The molecule has 5 nitrogen and oxygen atoms in total. The van der Waals surface area contributed by atoms with Gasteiger partial charge in [0.25, 0.3) is 5.91 Å². The molecule has 2 aliphatic heterocycles. The molecule has 28 heavy (non-hydrogen) atoms. The number of hydrogen-bond donors (Lipinski definition) is 0. The van der Waals surface area contributed by atoms with Crippen LogP contribution in [0.4, 0.5) is 5.69 Å². The number of carbonyl (C=O) groups excluding carboxylic acids is 2. The van der Waals surface area contributed by atoms with Crippen LogP contribution in [-0.4, -0.2) is 23.6 Å². The zero-order chi connectivity index (χ0) is 19.4. The maximum absolute atomic E-state index is 13.2. The predicted molar refractivity (Wildman–Crippen MR) is 108 cm³/mol. The van der Waals surface area contributed by atoms with E-state index in [4.69, 9.17) is 28.0 Å². The molecular formula is C21H12Cl2N2O3. The molecule has 2 amide bonds. The fraction of sp³-hybridized carbons (Fsp3) is 0.0952. The quantitative estimate of drug-likeness (QED) is 0.586. The Morgan fingerprint density at radius 3 is 2.46 bits per heavy atom. The van der Waals surface area contributed by atoms with E-state index in [1.807, 2.05) is 36.4 Å². The Morgan fingerprint density at radius 1 is 0.893 bits per heavy atom. The van der Waals surface area contributed by atoms with Crippen LogP contribution < -0.4 is 4.90 Å². The van der Waals surface area contributed by atoms with Gasteiger partial charge in [0, 0.05) is 10.6 Å². The average molecular weight is 411 g/mol. The third-order valence-electron chi connectivity index (χ3n) is 5.01. The van der Waals surface area contributed by atoms with Gasteiger partial charge in [0.05, 0.1) is 10.7 Å². The Balaban J connectivity index is 1.54. The second-order valence-corrected chi connectivity index (χ2v) is 7.49. The molecule has 1 fully saturated rings. The highest BCUT2D eigenvalue weighted by Crippen LogP contribution is 2.37. The number of oxime groups is 1. The highest BCUT2D eigenvalue weighted by molar-refractivity contribution is 6.39. The van der Waals surface area contributed by atoms with Crippen LogP contribution in [-0.2, 0) is 14.4 Å². The molecule has 2 heterocycles. The summed E-state index contributed by atoms with van der Waals surface area (Å²) in [6.07, 6.45) is -0.985. The molecule has 2 aliphatic rings. The summed E-state index contributed by atoms with van der Waals surface area (Å²) >= 11 is 12.2. The molecule has 7 heteroatoms. The van der Waals surface area contributed by atoms with Crippen molar-refractivity contribution >= 4 is 57.2 Å². The van der Waals surface area contributed by atoms with Gasteiger partial charge in [-0.2, -0.15) is 0 Å². The lowest BCUT2D eigenvalue weighted by atomic mass is 9.94. The van der Waals surface area contributed by atoms with Crippen LogP contribution in [0.2, 0.25) is 10.0 Å². The molecule has 5 rings (SSSR count). The second-order valence-electron chi connectivity index (χ2n) is 6.65. The number of benzene rings is 3. The summed E-state index contributed by atoms with van der Waals surface area (Å²) in [6.45, 7) is 0. The van der Waals surface area contributed by atoms with E-state index in [2.05, 4.69) is 5.16 Å². The first-order chi connectivity index (χ1) is 13.5. The van der Waals surface area contributed by atoms with Crippen LogP contribution in [0.25, 0.3) is 10.8 Å². The Labute approximate surface area is 170 Å². The first kappa shape index (κ1) is 17.2. The summed E-state index contributed by atoms with van der Waals surface area (Å²) in [7, 11) is 0. The van der Waals surface area contributed by atoms with Crippen LogP contribution in [0.5, 0.6) is 0 Å². The van der Waals surface area contributed by atoms with Crippen LogP contribution in [0.1, 0.15) is 5.56 Å². The van der Waals surface area contributed by atoms with E-state index in [9.17, 15) is 9.59 Å². The zero-order valence-corrected chi connectivity index (χ0v) is 15.8. The van der Waals surface area contributed by atoms with E-state index in [0.29, 0.717) is 27.0 Å². The molecule has 1 saturated heterocycles. The molecule has 0 spiro atoms. The molecule has 0 aliphatic carbocycles. The maximum Gasteiger partial charge on any atom is 0.278 e. The standard InChI is InChI=1S/C21H12Cl2N2O3/c22-13-6-8-15(16(23)10-13)18-17-19(28-24-18)21(27)25(20(17)26)14-7-5-11-3-1-2-4-12(11)9-14/h1-10,17,19H/t17-,19+/m0/s1. The second kappa shape index (κ2) is 6.33. The van der Waals surface area contributed by atoms with Crippen molar-refractivity contribution < 1.29 is 14.4 Å². The minimum atomic E-state index is -0.985. The highest BCUT2D eigenvalue weighted by atomic mass is 35.5. The number of anilines is 1. The molecule has 2 atom stereocenters. The van der Waals surface area contributed by atoms with Crippen molar-refractivity contribution in [1.29, 1.82) is 0 Å². The van der Waals surface area contributed by atoms with E-state index >= 15 is 0 Å². The molecule has 0 bridgehead atoms. The highest BCUT2D eigenvalue weighted by Gasteiger charge is 2.56. The van der Waals surface area contributed by atoms with Gasteiger partial charge in [-0.3, -0.25) is 9.59 Å². The smallest absolute Gasteiger partial charge is 0.278 e. The number of amides is 2. The minimum Gasteiger partial charge on any atom is -0.381 e. The summed E-state index contributed by atoms with van der Waals surface area (Å²) in [5, 5.41) is 6.76. The van der Waals surface area contributed by atoms with Crippen LogP contribution in [0.3, 0.4) is 0 Å². The number of nitrogens with zero attached hydrogens (tertiary/aromatic N) is 2. The topological polar surface area (TPSA) is 59.0 Å². The average Bonchev–Trinajstić information content (AvgIpc) is 3.22. The molecule has 0 N–H and O–H groups in total. The predicted octanol–water partition coefficient (Wildman–Crippen LogP) is 4.44.